The van der Waals surface area contributed by atoms with Crippen molar-refractivity contribution in [3.63, 3.8) is 0 Å². The zero-order valence-electron chi connectivity index (χ0n) is 38.8. The molecule has 2 fully saturated rings. The third-order valence-corrected chi connectivity index (χ3v) is 13.7. The van der Waals surface area contributed by atoms with Crippen LogP contribution in [0.15, 0.2) is 109 Å². The second kappa shape index (κ2) is 24.4. The Bertz CT molecular complexity index is 2090. The molecule has 7 heteroatoms. The first-order chi connectivity index (χ1) is 30.0. The topological polar surface area (TPSA) is 0 Å². The number of hydrogen-bond donors (Lipinski definition) is 0. The average molecular weight is 989 g/mol. The number of fused-ring (bicyclic) bond motifs is 2. The summed E-state index contributed by atoms with van der Waals surface area (Å²) in [6.07, 6.45) is 12.2. The van der Waals surface area contributed by atoms with E-state index in [9.17, 15) is 13.2 Å². The van der Waals surface area contributed by atoms with E-state index < -0.39 is 33.4 Å². The summed E-state index contributed by atoms with van der Waals surface area (Å²) < 4.78 is 33.7. The number of hydrogen-bond acceptors (Lipinski definition) is 0. The zero-order valence-corrected chi connectivity index (χ0v) is 43.8. The van der Waals surface area contributed by atoms with Crippen LogP contribution in [0.25, 0.3) is 43.8 Å². The molecule has 0 aliphatic heterocycles. The molecule has 8 rings (SSSR count). The predicted molar refractivity (Wildman–Crippen MR) is 267 cm³/mol. The van der Waals surface area contributed by atoms with Crippen molar-refractivity contribution in [2.75, 3.05) is 0 Å². The van der Waals surface area contributed by atoms with Crippen molar-refractivity contribution in [2.45, 2.75) is 155 Å². The van der Waals surface area contributed by atoms with Crippen molar-refractivity contribution in [1.29, 1.82) is 0 Å². The monoisotopic (exact) mass is 986 g/mol. The molecule has 2 aliphatic rings. The van der Waals surface area contributed by atoms with Gasteiger partial charge in [0.1, 0.15) is 0 Å². The molecule has 336 valence electrons. The zero-order chi connectivity index (χ0) is 45.6. The molecule has 0 spiro atoms. The van der Waals surface area contributed by atoms with Gasteiger partial charge in [-0.1, -0.05) is 190 Å². The van der Waals surface area contributed by atoms with Gasteiger partial charge >= 0.3 is 44.1 Å². The van der Waals surface area contributed by atoms with E-state index in [4.69, 9.17) is 17.0 Å². The molecule has 6 aromatic carbocycles. The second-order valence-electron chi connectivity index (χ2n) is 20.0. The van der Waals surface area contributed by atoms with Crippen LogP contribution in [0.2, 0.25) is 12.6 Å². The summed E-state index contributed by atoms with van der Waals surface area (Å²) in [6, 6.07) is 41.9. The normalized spacial score (nSPS) is 15.1. The van der Waals surface area contributed by atoms with Gasteiger partial charge in [-0.3, -0.25) is 0 Å². The first-order valence-corrected chi connectivity index (χ1v) is 31.3. The van der Waals surface area contributed by atoms with E-state index in [0.29, 0.717) is 9.52 Å². The Morgan fingerprint density at radius 1 is 0.571 bits per heavy atom. The van der Waals surface area contributed by atoms with Crippen molar-refractivity contribution in [3.05, 3.63) is 131 Å². The Morgan fingerprint density at radius 2 is 0.937 bits per heavy atom. The van der Waals surface area contributed by atoms with Gasteiger partial charge in [0, 0.05) is 15.9 Å². The maximum atomic E-state index is 11.2. The van der Waals surface area contributed by atoms with E-state index in [2.05, 4.69) is 151 Å². The molecule has 0 amide bonds. The summed E-state index contributed by atoms with van der Waals surface area (Å²) >= 11 is -0.826. The van der Waals surface area contributed by atoms with Crippen molar-refractivity contribution in [3.8, 4) is 22.3 Å². The van der Waals surface area contributed by atoms with Gasteiger partial charge in [-0.05, 0) is 57.8 Å². The van der Waals surface area contributed by atoms with Crippen LogP contribution in [0.1, 0.15) is 134 Å². The number of benzene rings is 4. The molecule has 0 heterocycles. The molecule has 2 radical (unpaired) electrons. The predicted octanol–water partition coefficient (Wildman–Crippen LogP) is 18.8. The Morgan fingerprint density at radius 3 is 1.24 bits per heavy atom. The van der Waals surface area contributed by atoms with Gasteiger partial charge in [0.25, 0.3) is 0 Å². The number of rotatable bonds is 8. The second-order valence-corrected chi connectivity index (χ2v) is 24.9. The van der Waals surface area contributed by atoms with Gasteiger partial charge in [-0.25, -0.2) is 0 Å². The standard InChI is InChI=1S/2C26H31.C4H7F3Si.2ClH.Zr/c2*1-26(2,3)23-14-12-21(13-15-23)24-11-7-10-22-17-20(18-25(22)24)16-19-8-5-4-6-9-19;1-8-3-2-4(5,6)7;;;/h2*7,10-15,17-19H,4-6,8-9,16H2,1-3H3;2-3H2,1H3;2*1H;/q2*-1;;;;+4/p-2. The Hall–Kier alpha value is -2.43. The van der Waals surface area contributed by atoms with Crippen molar-refractivity contribution < 1.29 is 34.0 Å². The van der Waals surface area contributed by atoms with E-state index in [1.165, 1.54) is 143 Å². The quantitative estimate of drug-likeness (QED) is 0.105. The maximum absolute atomic E-state index is 11.2. The Labute approximate surface area is 399 Å². The fourth-order valence-corrected chi connectivity index (χ4v) is 9.88. The molecule has 0 unspecified atom stereocenters. The van der Waals surface area contributed by atoms with E-state index in [-0.39, 0.29) is 16.9 Å². The Balaban J connectivity index is 0.000000193. The van der Waals surface area contributed by atoms with Crippen molar-refractivity contribution in [1.82, 2.24) is 0 Å². The summed E-state index contributed by atoms with van der Waals surface area (Å²) in [7, 11) is 10.3. The van der Waals surface area contributed by atoms with Crippen molar-refractivity contribution in [2.24, 2.45) is 11.8 Å². The molecule has 6 aromatic rings. The molecule has 0 nitrogen and oxygen atoms in total. The molecule has 0 atom stereocenters. The molecule has 0 aromatic heterocycles. The summed E-state index contributed by atoms with van der Waals surface area (Å²) in [4.78, 5) is 0. The number of halogens is 5. The molecular formula is C56H69Cl2F3SiZr. The van der Waals surface area contributed by atoms with E-state index in [0.717, 1.165) is 11.8 Å². The van der Waals surface area contributed by atoms with Gasteiger partial charge in [-0.15, -0.1) is 69.1 Å². The molecule has 63 heavy (non-hydrogen) atoms. The van der Waals surface area contributed by atoms with E-state index >= 15 is 0 Å². The van der Waals surface area contributed by atoms with E-state index in [1.807, 2.05) is 0 Å². The SMILES string of the molecule is CC(C)(C)c1ccc(-c2cccc3[cH-]c(CC4CCCCC4)cc23)cc1.CC(C)(C)c1ccc(-c2cccc3[cH-]c(CC4CCCCC4)cc23)cc1.C[Si]CCC(F)(F)F.[Cl][Zr+2][Cl]. The van der Waals surface area contributed by atoms with Crippen LogP contribution in [0.4, 0.5) is 13.2 Å². The summed E-state index contributed by atoms with van der Waals surface area (Å²) in [5.41, 5.74) is 11.7. The van der Waals surface area contributed by atoms with E-state index in [1.54, 1.807) is 6.55 Å². The first-order valence-electron chi connectivity index (χ1n) is 23.2. The van der Waals surface area contributed by atoms with Crippen LogP contribution in [0.5, 0.6) is 0 Å². The minimum absolute atomic E-state index is 0.206. The number of alkyl halides is 3. The van der Waals surface area contributed by atoms with Crippen LogP contribution in [-0.2, 0) is 44.5 Å². The summed E-state index contributed by atoms with van der Waals surface area (Å²) in [6.45, 7) is 15.4. The van der Waals surface area contributed by atoms with Crippen LogP contribution in [-0.4, -0.2) is 15.7 Å². The molecule has 2 aliphatic carbocycles. The fourth-order valence-electron chi connectivity index (χ4n) is 9.35. The van der Waals surface area contributed by atoms with Crippen LogP contribution in [0.3, 0.4) is 0 Å². The van der Waals surface area contributed by atoms with Gasteiger partial charge in [0.2, 0.25) is 0 Å². The fraction of sp³-hybridized carbons (Fsp3) is 0.464. The van der Waals surface area contributed by atoms with Gasteiger partial charge in [0.15, 0.2) is 0 Å². The van der Waals surface area contributed by atoms with Crippen LogP contribution in [0, 0.1) is 11.8 Å². The summed E-state index contributed by atoms with van der Waals surface area (Å²) in [5, 5.41) is 5.63. The summed E-state index contributed by atoms with van der Waals surface area (Å²) in [5.74, 6) is 1.80. The van der Waals surface area contributed by atoms with Gasteiger partial charge < -0.3 is 0 Å². The molecule has 0 bridgehead atoms. The third-order valence-electron chi connectivity index (χ3n) is 12.9. The molecule has 0 N–H and O–H groups in total. The van der Waals surface area contributed by atoms with Gasteiger partial charge in [-0.2, -0.15) is 25.3 Å². The van der Waals surface area contributed by atoms with Crippen LogP contribution >= 0.6 is 17.0 Å². The molecular weight excluding hydrogens is 920 g/mol. The minimum atomic E-state index is -3.94. The Kier molecular flexibility index (Phi) is 19.9. The average Bonchev–Trinajstić information content (AvgIpc) is 3.87. The third kappa shape index (κ3) is 16.1. The first kappa shape index (κ1) is 51.6. The van der Waals surface area contributed by atoms with Crippen LogP contribution < -0.4 is 0 Å². The van der Waals surface area contributed by atoms with Crippen molar-refractivity contribution >= 4 is 48.1 Å². The molecule has 0 saturated heterocycles. The van der Waals surface area contributed by atoms with Gasteiger partial charge in [0.05, 0.1) is 0 Å². The molecule has 2 saturated carbocycles.